The zero-order chi connectivity index (χ0) is 19.1. The van der Waals surface area contributed by atoms with Crippen molar-refractivity contribution < 1.29 is 9.59 Å². The molecule has 8 heteroatoms. The smallest absolute Gasteiger partial charge is 0.317 e. The molecule has 0 radical (unpaired) electrons. The molecular weight excluding hydrogens is 366 g/mol. The minimum Gasteiger partial charge on any atom is -0.368 e. The van der Waals surface area contributed by atoms with Crippen molar-refractivity contribution in [1.82, 2.24) is 20.5 Å². The van der Waals surface area contributed by atoms with E-state index in [1.165, 1.54) is 0 Å². The zero-order valence-corrected chi connectivity index (χ0v) is 15.7. The summed E-state index contributed by atoms with van der Waals surface area (Å²) in [7, 11) is 0. The largest absolute Gasteiger partial charge is 0.368 e. The lowest BCUT2D eigenvalue weighted by Crippen LogP contribution is -2.53. The number of hydrogen-bond donors (Lipinski definition) is 2. The van der Waals surface area contributed by atoms with Gasteiger partial charge in [0.1, 0.15) is 0 Å². The van der Waals surface area contributed by atoms with Gasteiger partial charge in [-0.25, -0.2) is 4.79 Å². The van der Waals surface area contributed by atoms with E-state index < -0.39 is 0 Å². The van der Waals surface area contributed by atoms with Gasteiger partial charge in [0, 0.05) is 55.8 Å². The van der Waals surface area contributed by atoms with Crippen LogP contribution in [0.25, 0.3) is 0 Å². The average Bonchev–Trinajstić information content (AvgIpc) is 2.72. The van der Waals surface area contributed by atoms with Crippen LogP contribution in [0.15, 0.2) is 48.8 Å². The summed E-state index contributed by atoms with van der Waals surface area (Å²) in [6.07, 6.45) is 3.35. The highest BCUT2D eigenvalue weighted by molar-refractivity contribution is 6.30. The summed E-state index contributed by atoms with van der Waals surface area (Å²) in [5.41, 5.74) is 2.05. The van der Waals surface area contributed by atoms with Crippen LogP contribution < -0.4 is 15.5 Å². The Labute approximate surface area is 163 Å². The average molecular weight is 388 g/mol. The summed E-state index contributed by atoms with van der Waals surface area (Å²) in [5, 5.41) is 6.16. The third kappa shape index (κ3) is 5.59. The number of anilines is 1. The first-order valence-electron chi connectivity index (χ1n) is 8.81. The molecule has 1 aliphatic heterocycles. The number of piperazine rings is 1. The molecule has 0 bridgehead atoms. The number of amides is 3. The third-order valence-corrected chi connectivity index (χ3v) is 4.65. The number of pyridine rings is 1. The number of urea groups is 1. The van der Waals surface area contributed by atoms with Crippen molar-refractivity contribution >= 4 is 29.2 Å². The second kappa shape index (κ2) is 9.23. The Morgan fingerprint density at radius 1 is 0.963 bits per heavy atom. The fraction of sp³-hybridized carbons (Fsp3) is 0.316. The van der Waals surface area contributed by atoms with Gasteiger partial charge in [-0.2, -0.15) is 0 Å². The number of halogens is 1. The first-order chi connectivity index (χ1) is 13.1. The molecule has 2 heterocycles. The van der Waals surface area contributed by atoms with Crippen LogP contribution in [0.1, 0.15) is 5.56 Å². The molecule has 0 atom stereocenters. The molecule has 1 aliphatic rings. The summed E-state index contributed by atoms with van der Waals surface area (Å²) in [6, 6.07) is 11.1. The molecule has 0 aliphatic carbocycles. The summed E-state index contributed by atoms with van der Waals surface area (Å²) >= 11 is 5.92. The van der Waals surface area contributed by atoms with Crippen molar-refractivity contribution in [3.8, 4) is 0 Å². The normalized spacial score (nSPS) is 14.0. The van der Waals surface area contributed by atoms with Gasteiger partial charge in [-0.1, -0.05) is 11.6 Å². The van der Waals surface area contributed by atoms with E-state index in [1.54, 1.807) is 17.3 Å². The Bertz CT molecular complexity index is 761. The van der Waals surface area contributed by atoms with Gasteiger partial charge < -0.3 is 20.4 Å². The number of carbonyl (C=O) groups excluding carboxylic acids is 2. The van der Waals surface area contributed by atoms with Crippen molar-refractivity contribution in [3.05, 3.63) is 59.4 Å². The number of hydrogen-bond acceptors (Lipinski definition) is 4. The number of benzene rings is 1. The topological polar surface area (TPSA) is 77.6 Å². The lowest BCUT2D eigenvalue weighted by molar-refractivity contribution is -0.120. The second-order valence-corrected chi connectivity index (χ2v) is 6.68. The molecule has 0 spiro atoms. The molecule has 3 rings (SSSR count). The van der Waals surface area contributed by atoms with Crippen LogP contribution in [-0.2, 0) is 11.3 Å². The predicted molar refractivity (Wildman–Crippen MR) is 105 cm³/mol. The van der Waals surface area contributed by atoms with Crippen LogP contribution in [0.3, 0.4) is 0 Å². The summed E-state index contributed by atoms with van der Waals surface area (Å²) in [6.45, 7) is 3.06. The minimum absolute atomic E-state index is 0.0404. The van der Waals surface area contributed by atoms with E-state index >= 15 is 0 Å². The van der Waals surface area contributed by atoms with Crippen molar-refractivity contribution in [2.24, 2.45) is 0 Å². The Morgan fingerprint density at radius 3 is 2.30 bits per heavy atom. The van der Waals surface area contributed by atoms with Crippen molar-refractivity contribution in [2.75, 3.05) is 37.6 Å². The highest BCUT2D eigenvalue weighted by Crippen LogP contribution is 2.19. The summed E-state index contributed by atoms with van der Waals surface area (Å²) in [4.78, 5) is 32.0. The molecule has 2 N–H and O–H groups in total. The Hall–Kier alpha value is -2.80. The maximum Gasteiger partial charge on any atom is 0.317 e. The van der Waals surface area contributed by atoms with E-state index in [-0.39, 0.29) is 18.5 Å². The van der Waals surface area contributed by atoms with Gasteiger partial charge in [-0.3, -0.25) is 9.78 Å². The van der Waals surface area contributed by atoms with E-state index in [2.05, 4.69) is 20.5 Å². The quantitative estimate of drug-likeness (QED) is 0.821. The SMILES string of the molecule is O=C(CNC(=O)N1CCN(c2ccc(Cl)cc2)CC1)NCc1ccncc1. The van der Waals surface area contributed by atoms with E-state index in [1.807, 2.05) is 36.4 Å². The van der Waals surface area contributed by atoms with E-state index in [9.17, 15) is 9.59 Å². The van der Waals surface area contributed by atoms with Gasteiger partial charge in [-0.15, -0.1) is 0 Å². The Kier molecular flexibility index (Phi) is 6.49. The number of carbonyl (C=O) groups is 2. The number of rotatable bonds is 5. The van der Waals surface area contributed by atoms with E-state index in [4.69, 9.17) is 11.6 Å². The molecule has 1 saturated heterocycles. The maximum atomic E-state index is 12.3. The fourth-order valence-corrected chi connectivity index (χ4v) is 2.98. The molecule has 1 aromatic heterocycles. The second-order valence-electron chi connectivity index (χ2n) is 6.24. The highest BCUT2D eigenvalue weighted by Gasteiger charge is 2.21. The summed E-state index contributed by atoms with van der Waals surface area (Å²) < 4.78 is 0. The molecule has 3 amide bonds. The molecule has 2 aromatic rings. The van der Waals surface area contributed by atoms with Gasteiger partial charge in [0.25, 0.3) is 0 Å². The van der Waals surface area contributed by atoms with E-state index in [0.29, 0.717) is 24.7 Å². The van der Waals surface area contributed by atoms with Crippen LogP contribution in [0, 0.1) is 0 Å². The molecular formula is C19H22ClN5O2. The first-order valence-corrected chi connectivity index (χ1v) is 9.18. The molecule has 0 unspecified atom stereocenters. The maximum absolute atomic E-state index is 12.3. The molecule has 1 aromatic carbocycles. The Balaban J connectivity index is 1.38. The van der Waals surface area contributed by atoms with Crippen LogP contribution >= 0.6 is 11.6 Å². The monoisotopic (exact) mass is 387 g/mol. The molecule has 0 saturated carbocycles. The molecule has 7 nitrogen and oxygen atoms in total. The van der Waals surface area contributed by atoms with Crippen LogP contribution in [0.2, 0.25) is 5.02 Å². The number of nitrogens with one attached hydrogen (secondary N) is 2. The van der Waals surface area contributed by atoms with Gasteiger partial charge in [0.15, 0.2) is 0 Å². The van der Waals surface area contributed by atoms with Crippen molar-refractivity contribution in [1.29, 1.82) is 0 Å². The molecule has 142 valence electrons. The lowest BCUT2D eigenvalue weighted by Gasteiger charge is -2.36. The van der Waals surface area contributed by atoms with Crippen LogP contribution in [0.5, 0.6) is 0 Å². The summed E-state index contributed by atoms with van der Waals surface area (Å²) in [5.74, 6) is -0.222. The standard InChI is InChI=1S/C19H22ClN5O2/c20-16-1-3-17(4-2-16)24-9-11-25(12-10-24)19(27)23-14-18(26)22-13-15-5-7-21-8-6-15/h1-8H,9-14H2,(H,22,26)(H,23,27). The van der Waals surface area contributed by atoms with Crippen LogP contribution in [-0.4, -0.2) is 54.5 Å². The van der Waals surface area contributed by atoms with E-state index in [0.717, 1.165) is 24.3 Å². The molecule has 1 fully saturated rings. The minimum atomic E-state index is -0.222. The lowest BCUT2D eigenvalue weighted by atomic mass is 10.2. The fourth-order valence-electron chi connectivity index (χ4n) is 2.85. The van der Waals surface area contributed by atoms with Gasteiger partial charge in [-0.05, 0) is 42.0 Å². The van der Waals surface area contributed by atoms with Crippen molar-refractivity contribution in [3.63, 3.8) is 0 Å². The number of aromatic nitrogens is 1. The Morgan fingerprint density at radius 2 is 1.63 bits per heavy atom. The van der Waals surface area contributed by atoms with Gasteiger partial charge >= 0.3 is 6.03 Å². The molecule has 27 heavy (non-hydrogen) atoms. The number of nitrogens with zero attached hydrogens (tertiary/aromatic N) is 3. The highest BCUT2D eigenvalue weighted by atomic mass is 35.5. The van der Waals surface area contributed by atoms with Crippen molar-refractivity contribution in [2.45, 2.75) is 6.54 Å². The van der Waals surface area contributed by atoms with Gasteiger partial charge in [0.2, 0.25) is 5.91 Å². The zero-order valence-electron chi connectivity index (χ0n) is 14.9. The van der Waals surface area contributed by atoms with Crippen LogP contribution in [0.4, 0.5) is 10.5 Å². The van der Waals surface area contributed by atoms with Gasteiger partial charge in [0.05, 0.1) is 6.54 Å². The first kappa shape index (κ1) is 19.0. The third-order valence-electron chi connectivity index (χ3n) is 4.40. The predicted octanol–water partition coefficient (Wildman–Crippen LogP) is 1.88.